The molecule has 1 aromatic rings. The molecule has 0 aromatic carbocycles. The van der Waals surface area contributed by atoms with Crippen LogP contribution in [0.25, 0.3) is 0 Å². The zero-order valence-electron chi connectivity index (χ0n) is 13.9. The van der Waals surface area contributed by atoms with Crippen molar-refractivity contribution in [3.05, 3.63) is 24.0 Å². The highest BCUT2D eigenvalue weighted by Gasteiger charge is 2.22. The Labute approximate surface area is 128 Å². The molecule has 0 fully saturated rings. The maximum atomic E-state index is 12.8. The molecule has 21 heavy (non-hydrogen) atoms. The average molecular weight is 292 g/mol. The van der Waals surface area contributed by atoms with E-state index in [2.05, 4.69) is 29.0 Å². The summed E-state index contributed by atoms with van der Waals surface area (Å²) in [4.78, 5) is 20.9. The number of likely N-dealkylation sites (N-methyl/N-ethyl adjacent to an activating group) is 2. The molecule has 1 heterocycles. The Hall–Kier alpha value is -1.62. The van der Waals surface area contributed by atoms with Crippen LogP contribution < -0.4 is 5.32 Å². The van der Waals surface area contributed by atoms with Crippen LogP contribution in [0.15, 0.2) is 18.5 Å². The number of rotatable bonds is 8. The predicted molar refractivity (Wildman–Crippen MR) is 87.7 cm³/mol. The number of nitrogens with one attached hydrogen (secondary N) is 1. The van der Waals surface area contributed by atoms with Gasteiger partial charge in [-0.25, -0.2) is 0 Å². The van der Waals surface area contributed by atoms with Crippen molar-refractivity contribution >= 4 is 11.6 Å². The fourth-order valence-corrected chi connectivity index (χ4v) is 2.42. The van der Waals surface area contributed by atoms with Crippen molar-refractivity contribution in [1.82, 2.24) is 14.8 Å². The molecular weight excluding hydrogens is 264 g/mol. The zero-order chi connectivity index (χ0) is 15.8. The number of hydrogen-bond acceptors (Lipinski definition) is 4. The summed E-state index contributed by atoms with van der Waals surface area (Å²) in [5, 5.41) is 3.30. The number of pyridine rings is 1. The number of carbonyl (C=O) groups is 1. The van der Waals surface area contributed by atoms with Crippen molar-refractivity contribution in [3.8, 4) is 0 Å². The number of anilines is 1. The molecule has 0 aliphatic rings. The standard InChI is InChI=1S/C16H28N4O/c1-6-9-18-15-8-10-17-11-14(15)16(21)20(7-2)13(3)12-19(4)5/h8,10-11,13H,6-7,9,12H2,1-5H3,(H,17,18). The lowest BCUT2D eigenvalue weighted by atomic mass is 10.1. The number of carbonyl (C=O) groups excluding carboxylic acids is 1. The van der Waals surface area contributed by atoms with Crippen molar-refractivity contribution in [2.45, 2.75) is 33.2 Å². The third-order valence-electron chi connectivity index (χ3n) is 3.38. The molecule has 1 atom stereocenters. The molecule has 0 saturated heterocycles. The van der Waals surface area contributed by atoms with Crippen molar-refractivity contribution in [1.29, 1.82) is 0 Å². The Bertz CT molecular complexity index is 448. The van der Waals surface area contributed by atoms with E-state index in [9.17, 15) is 4.79 Å². The van der Waals surface area contributed by atoms with Gasteiger partial charge in [0.15, 0.2) is 0 Å². The molecule has 0 saturated carbocycles. The van der Waals surface area contributed by atoms with Gasteiger partial charge in [0, 0.05) is 38.1 Å². The van der Waals surface area contributed by atoms with Gasteiger partial charge in [-0.05, 0) is 40.4 Å². The van der Waals surface area contributed by atoms with Gasteiger partial charge in [-0.3, -0.25) is 9.78 Å². The first-order valence-electron chi connectivity index (χ1n) is 7.64. The summed E-state index contributed by atoms with van der Waals surface area (Å²) < 4.78 is 0. The van der Waals surface area contributed by atoms with Crippen LogP contribution in [-0.2, 0) is 0 Å². The summed E-state index contributed by atoms with van der Waals surface area (Å²) in [6.45, 7) is 8.58. The molecule has 1 amide bonds. The van der Waals surface area contributed by atoms with E-state index >= 15 is 0 Å². The number of aromatic nitrogens is 1. The minimum absolute atomic E-state index is 0.0403. The molecule has 5 heteroatoms. The van der Waals surface area contributed by atoms with Gasteiger partial charge in [0.25, 0.3) is 5.91 Å². The molecule has 0 bridgehead atoms. The minimum atomic E-state index is 0.0403. The second-order valence-electron chi connectivity index (χ2n) is 5.55. The third kappa shape index (κ3) is 5.01. The molecular formula is C16H28N4O. The second kappa shape index (κ2) is 8.62. The monoisotopic (exact) mass is 292 g/mol. The van der Waals surface area contributed by atoms with Crippen LogP contribution in [-0.4, -0.2) is 60.5 Å². The topological polar surface area (TPSA) is 48.5 Å². The maximum absolute atomic E-state index is 12.8. The number of hydrogen-bond donors (Lipinski definition) is 1. The van der Waals surface area contributed by atoms with Crippen molar-refractivity contribution in [2.75, 3.05) is 39.0 Å². The summed E-state index contributed by atoms with van der Waals surface area (Å²) in [7, 11) is 4.04. The van der Waals surface area contributed by atoms with Gasteiger partial charge in [-0.1, -0.05) is 6.92 Å². The summed E-state index contributed by atoms with van der Waals surface area (Å²) in [5.74, 6) is 0.0403. The van der Waals surface area contributed by atoms with Gasteiger partial charge in [0.05, 0.1) is 11.3 Å². The van der Waals surface area contributed by atoms with Crippen molar-refractivity contribution in [3.63, 3.8) is 0 Å². The number of amides is 1. The van der Waals surface area contributed by atoms with E-state index in [1.54, 1.807) is 12.4 Å². The highest BCUT2D eigenvalue weighted by Crippen LogP contribution is 2.17. The van der Waals surface area contributed by atoms with Crippen LogP contribution in [0.3, 0.4) is 0 Å². The van der Waals surface area contributed by atoms with E-state index in [-0.39, 0.29) is 11.9 Å². The maximum Gasteiger partial charge on any atom is 0.257 e. The Morgan fingerprint density at radius 2 is 2.10 bits per heavy atom. The lowest BCUT2D eigenvalue weighted by Gasteiger charge is -2.30. The van der Waals surface area contributed by atoms with Gasteiger partial charge in [-0.2, -0.15) is 0 Å². The summed E-state index contributed by atoms with van der Waals surface area (Å²) in [6.07, 6.45) is 4.39. The van der Waals surface area contributed by atoms with E-state index in [1.807, 2.05) is 32.0 Å². The van der Waals surface area contributed by atoms with Crippen LogP contribution in [0.1, 0.15) is 37.6 Å². The smallest absolute Gasteiger partial charge is 0.257 e. The fraction of sp³-hybridized carbons (Fsp3) is 0.625. The van der Waals surface area contributed by atoms with Gasteiger partial charge in [0.1, 0.15) is 0 Å². The second-order valence-corrected chi connectivity index (χ2v) is 5.55. The van der Waals surface area contributed by atoms with Crippen molar-refractivity contribution in [2.24, 2.45) is 0 Å². The first-order chi connectivity index (χ1) is 10.0. The SMILES string of the molecule is CCCNc1ccncc1C(=O)N(CC)C(C)CN(C)C. The Kier molecular flexibility index (Phi) is 7.15. The highest BCUT2D eigenvalue weighted by molar-refractivity contribution is 5.99. The van der Waals surface area contributed by atoms with E-state index in [4.69, 9.17) is 0 Å². The zero-order valence-corrected chi connectivity index (χ0v) is 13.9. The Morgan fingerprint density at radius 3 is 2.67 bits per heavy atom. The van der Waals surface area contributed by atoms with Crippen LogP contribution in [0.2, 0.25) is 0 Å². The summed E-state index contributed by atoms with van der Waals surface area (Å²) in [5.41, 5.74) is 1.52. The number of nitrogens with zero attached hydrogens (tertiary/aromatic N) is 3. The lowest BCUT2D eigenvalue weighted by Crippen LogP contribution is -2.44. The van der Waals surface area contributed by atoms with Gasteiger partial charge in [0.2, 0.25) is 0 Å². The Balaban J connectivity index is 2.94. The van der Waals surface area contributed by atoms with Gasteiger partial charge < -0.3 is 15.1 Å². The molecule has 1 unspecified atom stereocenters. The Morgan fingerprint density at radius 1 is 1.38 bits per heavy atom. The largest absolute Gasteiger partial charge is 0.384 e. The normalized spacial score (nSPS) is 12.3. The quantitative estimate of drug-likeness (QED) is 0.799. The first-order valence-corrected chi connectivity index (χ1v) is 7.64. The summed E-state index contributed by atoms with van der Waals surface area (Å²) in [6, 6.07) is 2.03. The molecule has 0 aliphatic carbocycles. The molecule has 0 radical (unpaired) electrons. The van der Waals surface area contributed by atoms with E-state index < -0.39 is 0 Å². The molecule has 0 spiro atoms. The van der Waals surface area contributed by atoms with Gasteiger partial charge in [-0.15, -0.1) is 0 Å². The lowest BCUT2D eigenvalue weighted by molar-refractivity contribution is 0.0679. The van der Waals surface area contributed by atoms with Crippen LogP contribution in [0.4, 0.5) is 5.69 Å². The van der Waals surface area contributed by atoms with Crippen molar-refractivity contribution < 1.29 is 4.79 Å². The predicted octanol–water partition coefficient (Wildman–Crippen LogP) is 2.32. The molecule has 5 nitrogen and oxygen atoms in total. The van der Waals surface area contributed by atoms with Crippen LogP contribution in [0, 0.1) is 0 Å². The average Bonchev–Trinajstić information content (AvgIpc) is 2.45. The molecule has 1 rings (SSSR count). The highest BCUT2D eigenvalue weighted by atomic mass is 16.2. The fourth-order valence-electron chi connectivity index (χ4n) is 2.42. The molecule has 118 valence electrons. The summed E-state index contributed by atoms with van der Waals surface area (Å²) >= 11 is 0. The first kappa shape index (κ1) is 17.4. The van der Waals surface area contributed by atoms with Crippen LogP contribution >= 0.6 is 0 Å². The van der Waals surface area contributed by atoms with Crippen LogP contribution in [0.5, 0.6) is 0 Å². The van der Waals surface area contributed by atoms with E-state index in [0.717, 1.165) is 25.2 Å². The minimum Gasteiger partial charge on any atom is -0.384 e. The third-order valence-corrected chi connectivity index (χ3v) is 3.38. The van der Waals surface area contributed by atoms with E-state index in [1.165, 1.54) is 0 Å². The molecule has 1 N–H and O–H groups in total. The van der Waals surface area contributed by atoms with Gasteiger partial charge >= 0.3 is 0 Å². The molecule has 1 aromatic heterocycles. The van der Waals surface area contributed by atoms with E-state index in [0.29, 0.717) is 12.1 Å². The molecule has 0 aliphatic heterocycles.